The Hall–Kier alpha value is -15.7. The van der Waals surface area contributed by atoms with Crippen molar-refractivity contribution in [3.8, 4) is 140 Å². The highest BCUT2D eigenvalue weighted by molar-refractivity contribution is 7.02. The van der Waals surface area contributed by atoms with Crippen molar-refractivity contribution in [3.63, 3.8) is 0 Å². The van der Waals surface area contributed by atoms with E-state index in [1.165, 1.54) is 10.8 Å². The summed E-state index contributed by atoms with van der Waals surface area (Å²) >= 11 is 0. The van der Waals surface area contributed by atoms with Crippen LogP contribution < -0.4 is 52.1 Å². The van der Waals surface area contributed by atoms with Crippen molar-refractivity contribution in [1.82, 2.24) is 4.57 Å². The summed E-state index contributed by atoms with van der Waals surface area (Å²) in [5, 5.41) is 2.40. The molecule has 0 unspecified atom stereocenters. The van der Waals surface area contributed by atoms with E-state index in [1.54, 1.807) is 0 Å². The first-order valence-corrected chi connectivity index (χ1v) is 41.7. The van der Waals surface area contributed by atoms with E-state index in [4.69, 9.17) is 9.47 Å². The van der Waals surface area contributed by atoms with Crippen molar-refractivity contribution in [2.75, 3.05) is 9.80 Å². The maximum absolute atomic E-state index is 7.92. The second-order valence-electron chi connectivity index (χ2n) is 32.1. The molecule has 7 heteroatoms. The van der Waals surface area contributed by atoms with E-state index in [1.807, 2.05) is 0 Å². The average Bonchev–Trinajstić information content (AvgIpc) is 1.48. The molecule has 20 aromatic rings. The van der Waals surface area contributed by atoms with E-state index in [0.717, 1.165) is 218 Å². The maximum atomic E-state index is 7.92. The van der Waals surface area contributed by atoms with Crippen molar-refractivity contribution in [1.29, 1.82) is 0 Å². The van der Waals surface area contributed by atoms with Gasteiger partial charge >= 0.3 is 0 Å². The molecule has 0 N–H and O–H groups in total. The first kappa shape index (κ1) is 69.6. The second kappa shape index (κ2) is 28.6. The van der Waals surface area contributed by atoms with Gasteiger partial charge in [-0.05, 0) is 230 Å². The molecular formula is C114H73B2N3O2. The number of anilines is 6. The predicted octanol–water partition coefficient (Wildman–Crippen LogP) is 26.3. The Morgan fingerprint density at radius 1 is 0.182 bits per heavy atom. The zero-order valence-corrected chi connectivity index (χ0v) is 66.0. The summed E-state index contributed by atoms with van der Waals surface area (Å²) in [6.07, 6.45) is 0. The van der Waals surface area contributed by atoms with Crippen LogP contribution in [0, 0.1) is 0 Å². The van der Waals surface area contributed by atoms with Crippen molar-refractivity contribution >= 4 is 102 Å². The maximum Gasteiger partial charge on any atom is 0.256 e. The lowest BCUT2D eigenvalue weighted by Gasteiger charge is -2.45. The number of ether oxygens (including phenoxy) is 2. The van der Waals surface area contributed by atoms with Crippen LogP contribution in [0.25, 0.3) is 139 Å². The molecule has 0 fully saturated rings. The first-order chi connectivity index (χ1) is 60.0. The predicted molar refractivity (Wildman–Crippen MR) is 507 cm³/mol. The van der Waals surface area contributed by atoms with Crippen molar-refractivity contribution in [3.05, 3.63) is 443 Å². The molecule has 0 radical (unpaired) electrons. The molecule has 4 aliphatic heterocycles. The molecule has 5 nitrogen and oxygen atoms in total. The van der Waals surface area contributed by atoms with E-state index in [2.05, 4.69) is 457 Å². The van der Waals surface area contributed by atoms with Gasteiger partial charge in [-0.25, -0.2) is 0 Å². The number of hydrogen-bond donors (Lipinski definition) is 0. The standard InChI is InChI=1S/C114H73B2N3O2/c1-9-31-74(32-10-1)79-53-56-90(57-54-79)117-104-73-105-101(72-100(104)116-99-60-58-91(118-102-51-29-27-49-94(102)95-50-28-30-52-103(95)118)71-109(99)121-110-69-88(66-106(117)112(110)116)86-62-84(76-35-13-3-14-36-76)61-85(63-86)77-37-15-4-16-38-77)115-98-59-55-83(75-33-11-2-12-34-75)68-108(98)120-111-70-89(93-48-26-25-47-92(93)80-41-19-6-20-42-80)67-107(113(111)115)119(105)114-96(81-43-21-7-22-44-81)64-87(78-39-17-5-18-40-78)65-97(114)82-45-23-8-24-46-82/h1-73H. The van der Waals surface area contributed by atoms with E-state index in [-0.39, 0.29) is 13.4 Å². The third-order valence-electron chi connectivity index (χ3n) is 25.2. The Morgan fingerprint density at radius 2 is 0.512 bits per heavy atom. The third-order valence-corrected chi connectivity index (χ3v) is 25.2. The monoisotopic (exact) mass is 1540 g/mol. The van der Waals surface area contributed by atoms with E-state index in [9.17, 15) is 0 Å². The molecule has 5 heterocycles. The lowest BCUT2D eigenvalue weighted by molar-refractivity contribution is 0.487. The van der Waals surface area contributed by atoms with Crippen LogP contribution in [-0.4, -0.2) is 18.0 Å². The van der Waals surface area contributed by atoms with Gasteiger partial charge in [-0.15, -0.1) is 0 Å². The number of benzene rings is 19. The Bertz CT molecular complexity index is 7320. The average molecular weight is 1540 g/mol. The summed E-state index contributed by atoms with van der Waals surface area (Å²) in [6.45, 7) is -0.714. The number of aromatic nitrogens is 1. The number of para-hydroxylation sites is 2. The van der Waals surface area contributed by atoms with Gasteiger partial charge in [0.15, 0.2) is 0 Å². The normalized spacial score (nSPS) is 12.5. The molecule has 0 saturated heterocycles. The molecule has 0 atom stereocenters. The summed E-state index contributed by atoms with van der Waals surface area (Å²) in [6, 6.07) is 164. The quantitative estimate of drug-likeness (QED) is 0.108. The Kier molecular flexibility index (Phi) is 16.4. The number of hydrogen-bond acceptors (Lipinski definition) is 4. The van der Waals surface area contributed by atoms with Gasteiger partial charge in [0.25, 0.3) is 13.4 Å². The van der Waals surface area contributed by atoms with Crippen LogP contribution in [0.5, 0.6) is 23.0 Å². The summed E-state index contributed by atoms with van der Waals surface area (Å²) < 4.78 is 18.2. The molecule has 0 spiro atoms. The fourth-order valence-corrected chi connectivity index (χ4v) is 19.7. The number of rotatable bonds is 13. The molecule has 19 aromatic carbocycles. The summed E-state index contributed by atoms with van der Waals surface area (Å²) in [5.41, 5.74) is 38.1. The van der Waals surface area contributed by atoms with Crippen molar-refractivity contribution < 1.29 is 9.47 Å². The van der Waals surface area contributed by atoms with Gasteiger partial charge in [-0.3, -0.25) is 0 Å². The highest BCUT2D eigenvalue weighted by Crippen LogP contribution is 2.55. The van der Waals surface area contributed by atoms with Gasteiger partial charge < -0.3 is 23.8 Å². The van der Waals surface area contributed by atoms with Gasteiger partial charge in [0, 0.05) is 62.1 Å². The largest absolute Gasteiger partial charge is 0.458 e. The van der Waals surface area contributed by atoms with Gasteiger partial charge in [0.05, 0.1) is 16.7 Å². The molecule has 0 bridgehead atoms. The SMILES string of the molecule is c1ccc(-c2ccc(N3c4cc5c(cc4B4c6ccc(-n7c8ccccc8c8ccccc87)cc6Oc6cc(-c7cc(-c8ccccc8)cc(-c8ccccc8)c7)cc3c64)B3c4ccc(-c6ccccc6)cc4Oc4cc(-c6ccccc6-c6ccccc6)cc(c43)N5c3c(-c4ccccc4)cc(-c4ccccc4)cc3-c3ccccc3)cc2)cc1. The Balaban J connectivity index is 0.843. The molecule has 1 aromatic heterocycles. The number of nitrogens with zero attached hydrogens (tertiary/aromatic N) is 3. The molecule has 0 aliphatic carbocycles. The van der Waals surface area contributed by atoms with Gasteiger partial charge in [0.1, 0.15) is 23.0 Å². The second-order valence-corrected chi connectivity index (χ2v) is 32.1. The molecule has 4 aliphatic rings. The summed E-state index contributed by atoms with van der Waals surface area (Å²) in [5.74, 6) is 3.22. The highest BCUT2D eigenvalue weighted by Gasteiger charge is 2.49. The van der Waals surface area contributed by atoms with Crippen LogP contribution in [0.1, 0.15) is 0 Å². The molecule has 24 rings (SSSR count). The molecule has 121 heavy (non-hydrogen) atoms. The lowest BCUT2D eigenvalue weighted by Crippen LogP contribution is -2.63. The minimum Gasteiger partial charge on any atom is -0.458 e. The van der Waals surface area contributed by atoms with Crippen LogP contribution in [0.3, 0.4) is 0 Å². The van der Waals surface area contributed by atoms with Crippen LogP contribution >= 0.6 is 0 Å². The fraction of sp³-hybridized carbons (Fsp3) is 0. The Morgan fingerprint density at radius 3 is 1.02 bits per heavy atom. The van der Waals surface area contributed by atoms with Crippen molar-refractivity contribution in [2.24, 2.45) is 0 Å². The molecule has 562 valence electrons. The van der Waals surface area contributed by atoms with Gasteiger partial charge in [0.2, 0.25) is 0 Å². The zero-order chi connectivity index (χ0) is 79.6. The molecular weight excluding hydrogens is 1460 g/mol. The first-order valence-electron chi connectivity index (χ1n) is 41.7. The zero-order valence-electron chi connectivity index (χ0n) is 66.0. The fourth-order valence-electron chi connectivity index (χ4n) is 19.7. The van der Waals surface area contributed by atoms with Crippen molar-refractivity contribution in [2.45, 2.75) is 0 Å². The van der Waals surface area contributed by atoms with E-state index in [0.29, 0.717) is 0 Å². The molecule has 0 amide bonds. The lowest BCUT2D eigenvalue weighted by atomic mass is 9.30. The number of fused-ring (bicyclic) bond motifs is 11. The van der Waals surface area contributed by atoms with Gasteiger partial charge in [-0.2, -0.15) is 0 Å². The third kappa shape index (κ3) is 11.7. The minimum absolute atomic E-state index is 0.355. The summed E-state index contributed by atoms with van der Waals surface area (Å²) in [7, 11) is 0. The topological polar surface area (TPSA) is 29.9 Å². The van der Waals surface area contributed by atoms with Crippen LogP contribution in [-0.2, 0) is 0 Å². The van der Waals surface area contributed by atoms with Crippen LogP contribution in [0.15, 0.2) is 443 Å². The van der Waals surface area contributed by atoms with E-state index < -0.39 is 0 Å². The van der Waals surface area contributed by atoms with E-state index >= 15 is 0 Å². The molecule has 0 saturated carbocycles. The minimum atomic E-state index is -0.360. The smallest absolute Gasteiger partial charge is 0.256 e. The summed E-state index contributed by atoms with van der Waals surface area (Å²) in [4.78, 5) is 5.24. The Labute approximate surface area is 704 Å². The van der Waals surface area contributed by atoms with Gasteiger partial charge in [-0.1, -0.05) is 340 Å². The van der Waals surface area contributed by atoms with Crippen LogP contribution in [0.4, 0.5) is 34.1 Å². The van der Waals surface area contributed by atoms with Crippen LogP contribution in [0.2, 0.25) is 0 Å². The highest BCUT2D eigenvalue weighted by atomic mass is 16.5.